The second-order valence-electron chi connectivity index (χ2n) is 8.01. The normalized spacial score (nSPS) is 11.6. The number of Topliss-reactive ketones (excluding diaryl/α,β-unsaturated/α-hetero) is 1. The molecule has 1 heterocycles. The molecule has 1 N–H and O–H groups in total. The maximum absolute atomic E-state index is 14.0. The number of hydrogen-bond donors (Lipinski definition) is 1. The lowest BCUT2D eigenvalue weighted by Crippen LogP contribution is -2.15. The molecule has 4 rings (SSSR count). The molecule has 0 atom stereocenters. The summed E-state index contributed by atoms with van der Waals surface area (Å²) in [6.45, 7) is 0. The van der Waals surface area contributed by atoms with Crippen molar-refractivity contribution in [2.24, 2.45) is 0 Å². The number of carbonyl (C=O) groups is 2. The highest BCUT2D eigenvalue weighted by atomic mass is 32.1. The molecule has 0 fully saturated rings. The SMILES string of the molecule is COc1cc(F)ccc1C(=O)/C(Cc1cc(OC)c(OC)c(OC)c1)=C(\C(=O)O)c1ccc2nsnc2c1. The van der Waals surface area contributed by atoms with Crippen LogP contribution in [0.2, 0.25) is 0 Å². The van der Waals surface area contributed by atoms with Crippen LogP contribution in [0.5, 0.6) is 23.0 Å². The van der Waals surface area contributed by atoms with Crippen molar-refractivity contribution in [2.45, 2.75) is 6.42 Å². The quantitative estimate of drug-likeness (QED) is 0.224. The molecule has 0 radical (unpaired) electrons. The number of benzene rings is 3. The van der Waals surface area contributed by atoms with Crippen molar-refractivity contribution in [3.05, 3.63) is 76.6 Å². The fraction of sp³-hybridized carbons (Fsp3) is 0.185. The summed E-state index contributed by atoms with van der Waals surface area (Å²) in [5, 5.41) is 10.3. The first-order valence-electron chi connectivity index (χ1n) is 11.2. The molecule has 0 amide bonds. The van der Waals surface area contributed by atoms with Crippen LogP contribution >= 0.6 is 11.7 Å². The van der Waals surface area contributed by atoms with Gasteiger partial charge in [-0.25, -0.2) is 9.18 Å². The Kier molecular flexibility index (Phi) is 7.87. The Morgan fingerprint density at radius 2 is 1.50 bits per heavy atom. The minimum Gasteiger partial charge on any atom is -0.496 e. The molecular weight excluding hydrogens is 515 g/mol. The fourth-order valence-electron chi connectivity index (χ4n) is 4.10. The zero-order valence-electron chi connectivity index (χ0n) is 20.9. The smallest absolute Gasteiger partial charge is 0.336 e. The highest BCUT2D eigenvalue weighted by Gasteiger charge is 2.27. The molecule has 0 aliphatic rings. The first-order valence-corrected chi connectivity index (χ1v) is 11.9. The van der Waals surface area contributed by atoms with Crippen molar-refractivity contribution < 1.29 is 38.0 Å². The van der Waals surface area contributed by atoms with Gasteiger partial charge in [-0.05, 0) is 47.5 Å². The van der Waals surface area contributed by atoms with Gasteiger partial charge in [0.25, 0.3) is 0 Å². The Bertz CT molecular complexity index is 1540. The number of fused-ring (bicyclic) bond motifs is 1. The van der Waals surface area contributed by atoms with Gasteiger partial charge < -0.3 is 24.1 Å². The standard InChI is InChI=1S/C27H23FN2O7S/c1-34-21-13-16(28)6-7-17(21)25(31)18(9-14-10-22(35-2)26(37-4)23(11-14)36-3)24(27(32)33)15-5-8-19-20(12-15)30-38-29-19/h5-8,10-13H,9H2,1-4H3,(H,32,33)/b24-18-. The van der Waals surface area contributed by atoms with Crippen LogP contribution in [0.1, 0.15) is 21.5 Å². The van der Waals surface area contributed by atoms with Gasteiger partial charge in [-0.15, -0.1) is 0 Å². The maximum Gasteiger partial charge on any atom is 0.336 e. The van der Waals surface area contributed by atoms with E-state index in [-0.39, 0.29) is 34.4 Å². The van der Waals surface area contributed by atoms with Gasteiger partial charge in [0.05, 0.1) is 51.3 Å². The van der Waals surface area contributed by atoms with Crippen LogP contribution in [-0.4, -0.2) is 54.0 Å². The first kappa shape index (κ1) is 26.6. The summed E-state index contributed by atoms with van der Waals surface area (Å²) in [5.74, 6) is -1.60. The van der Waals surface area contributed by atoms with Gasteiger partial charge in [-0.2, -0.15) is 8.75 Å². The average molecular weight is 539 g/mol. The minimum absolute atomic E-state index is 0.00601. The number of aromatic nitrogens is 2. The fourth-order valence-corrected chi connectivity index (χ4v) is 4.62. The molecule has 9 nitrogen and oxygen atoms in total. The van der Waals surface area contributed by atoms with E-state index < -0.39 is 17.6 Å². The zero-order valence-corrected chi connectivity index (χ0v) is 21.7. The Balaban J connectivity index is 1.98. The Morgan fingerprint density at radius 3 is 2.11 bits per heavy atom. The van der Waals surface area contributed by atoms with E-state index in [0.717, 1.165) is 23.9 Å². The molecular formula is C27H23FN2O7S. The van der Waals surface area contributed by atoms with E-state index in [1.54, 1.807) is 30.3 Å². The summed E-state index contributed by atoms with van der Waals surface area (Å²) in [5.41, 5.74) is 1.55. The number of carboxylic acids is 1. The van der Waals surface area contributed by atoms with Crippen molar-refractivity contribution in [1.82, 2.24) is 8.75 Å². The van der Waals surface area contributed by atoms with Crippen LogP contribution in [0, 0.1) is 5.82 Å². The minimum atomic E-state index is -1.33. The summed E-state index contributed by atoms with van der Waals surface area (Å²) >= 11 is 0.992. The van der Waals surface area contributed by atoms with Crippen molar-refractivity contribution in [3.63, 3.8) is 0 Å². The Labute approximate surface area is 221 Å². The molecule has 3 aromatic carbocycles. The maximum atomic E-state index is 14.0. The molecule has 11 heteroatoms. The van der Waals surface area contributed by atoms with E-state index in [2.05, 4.69) is 8.75 Å². The molecule has 4 aromatic rings. The summed E-state index contributed by atoms with van der Waals surface area (Å²) < 4.78 is 43.7. The van der Waals surface area contributed by atoms with Crippen molar-refractivity contribution >= 4 is 40.1 Å². The third-order valence-corrected chi connectivity index (χ3v) is 6.40. The van der Waals surface area contributed by atoms with Gasteiger partial charge in [0.2, 0.25) is 5.75 Å². The molecule has 38 heavy (non-hydrogen) atoms. The van der Waals surface area contributed by atoms with Gasteiger partial charge >= 0.3 is 5.97 Å². The second kappa shape index (κ2) is 11.3. The van der Waals surface area contributed by atoms with Crippen molar-refractivity contribution in [1.29, 1.82) is 0 Å². The third kappa shape index (κ3) is 5.14. The van der Waals surface area contributed by atoms with Crippen LogP contribution in [0.3, 0.4) is 0 Å². The summed E-state index contributed by atoms with van der Waals surface area (Å²) in [6.07, 6.45) is -0.134. The summed E-state index contributed by atoms with van der Waals surface area (Å²) in [6, 6.07) is 11.5. The Morgan fingerprint density at radius 1 is 0.842 bits per heavy atom. The molecule has 0 saturated heterocycles. The van der Waals surface area contributed by atoms with E-state index >= 15 is 0 Å². The number of carbonyl (C=O) groups excluding carboxylic acids is 1. The van der Waals surface area contributed by atoms with Gasteiger partial charge in [0.15, 0.2) is 17.3 Å². The number of nitrogens with zero attached hydrogens (tertiary/aromatic N) is 2. The number of allylic oxidation sites excluding steroid dienone is 1. The molecule has 0 aliphatic heterocycles. The van der Waals surface area contributed by atoms with Gasteiger partial charge in [0.1, 0.15) is 22.6 Å². The summed E-state index contributed by atoms with van der Waals surface area (Å²) in [4.78, 5) is 26.7. The molecule has 0 aliphatic carbocycles. The van der Waals surface area contributed by atoms with Gasteiger partial charge in [0, 0.05) is 18.1 Å². The number of methoxy groups -OCH3 is 4. The molecule has 196 valence electrons. The van der Waals surface area contributed by atoms with Gasteiger partial charge in [-0.3, -0.25) is 4.79 Å². The van der Waals surface area contributed by atoms with Crippen molar-refractivity contribution in [2.75, 3.05) is 28.4 Å². The number of halogens is 1. The molecule has 0 unspecified atom stereocenters. The number of aliphatic carboxylic acids is 1. The van der Waals surface area contributed by atoms with Crippen LogP contribution in [0.4, 0.5) is 4.39 Å². The number of carboxylic acid groups (broad SMARTS) is 1. The molecule has 0 saturated carbocycles. The highest BCUT2D eigenvalue weighted by Crippen LogP contribution is 2.40. The third-order valence-electron chi connectivity index (χ3n) is 5.85. The largest absolute Gasteiger partial charge is 0.496 e. The first-order chi connectivity index (χ1) is 18.3. The lowest BCUT2D eigenvalue weighted by atomic mass is 9.89. The highest BCUT2D eigenvalue weighted by molar-refractivity contribution is 7.00. The van der Waals surface area contributed by atoms with E-state index in [4.69, 9.17) is 18.9 Å². The Hall–Kier alpha value is -4.51. The summed E-state index contributed by atoms with van der Waals surface area (Å²) in [7, 11) is 5.66. The lowest BCUT2D eigenvalue weighted by Gasteiger charge is -2.17. The molecule has 0 spiro atoms. The molecule has 0 bridgehead atoms. The van der Waals surface area contributed by atoms with Crippen LogP contribution in [0.15, 0.2) is 54.1 Å². The number of hydrogen-bond acceptors (Lipinski definition) is 9. The zero-order chi connectivity index (χ0) is 27.4. The number of rotatable bonds is 10. The van der Waals surface area contributed by atoms with Crippen LogP contribution in [0.25, 0.3) is 16.6 Å². The van der Waals surface area contributed by atoms with E-state index in [0.29, 0.717) is 33.8 Å². The lowest BCUT2D eigenvalue weighted by molar-refractivity contribution is -0.130. The van der Waals surface area contributed by atoms with E-state index in [1.165, 1.54) is 34.5 Å². The van der Waals surface area contributed by atoms with Crippen LogP contribution in [-0.2, 0) is 11.2 Å². The predicted molar refractivity (Wildman–Crippen MR) is 139 cm³/mol. The number of ether oxygens (including phenoxy) is 4. The van der Waals surface area contributed by atoms with E-state index in [1.807, 2.05) is 0 Å². The van der Waals surface area contributed by atoms with Gasteiger partial charge in [-0.1, -0.05) is 6.07 Å². The molecule has 1 aromatic heterocycles. The second-order valence-corrected chi connectivity index (χ2v) is 8.54. The predicted octanol–water partition coefficient (Wildman–Crippen LogP) is 4.83. The topological polar surface area (TPSA) is 117 Å². The number of ketones is 1. The average Bonchev–Trinajstić information content (AvgIpc) is 3.39. The van der Waals surface area contributed by atoms with E-state index in [9.17, 15) is 19.1 Å². The van der Waals surface area contributed by atoms with Crippen LogP contribution < -0.4 is 18.9 Å². The van der Waals surface area contributed by atoms with Crippen molar-refractivity contribution in [3.8, 4) is 23.0 Å². The monoisotopic (exact) mass is 538 g/mol.